The Kier molecular flexibility index (Phi) is 70.3. The number of aliphatic hydroxyl groups is 5. The second kappa shape index (κ2) is 73.1. The molecule has 9 nitrogen and oxygen atoms in total. The molecule has 1 fully saturated rings. The zero-order chi connectivity index (χ0) is 67.1. The first kappa shape index (κ1) is 89.4. The first-order valence-electron chi connectivity index (χ1n) is 41.7. The Morgan fingerprint density at radius 1 is 0.366 bits per heavy atom. The highest BCUT2D eigenvalue weighted by Gasteiger charge is 2.44. The van der Waals surface area contributed by atoms with Crippen LogP contribution in [0, 0.1) is 0 Å². The summed E-state index contributed by atoms with van der Waals surface area (Å²) in [6, 6.07) is -0.719. The summed E-state index contributed by atoms with van der Waals surface area (Å²) in [5.74, 6) is -0.134. The van der Waals surface area contributed by atoms with Crippen LogP contribution in [0.5, 0.6) is 0 Å². The maximum atomic E-state index is 13.2. The molecule has 1 rings (SSSR count). The number of hydrogen-bond donors (Lipinski definition) is 6. The Morgan fingerprint density at radius 2 is 0.634 bits per heavy atom. The standard InChI is InChI=1S/C84H161NO8/c1-3-5-7-9-11-13-15-17-19-21-23-25-27-29-31-33-35-36-37-38-39-40-41-42-44-46-48-50-52-54-56-58-60-62-64-66-68-70-72-74-80(88)85-77(76-92-84-83(91)82(90)81(89)79(75-86)93-84)78(87)73-71-69-67-65-63-61-59-57-55-53-51-49-47-45-43-34-32-30-28-26-24-22-20-18-16-14-12-10-8-6-4-2/h15,17,21,23,27,29,77-79,81-84,86-87,89-91H,3-14,16,18-20,22,24-26,28,30-76H2,1-2H3,(H,85,88)/b17-15-,23-21-,29-27-. The molecule has 0 aromatic carbocycles. The summed E-state index contributed by atoms with van der Waals surface area (Å²) in [6.07, 6.45) is 92.7. The molecule has 1 amide bonds. The molecule has 0 aromatic heterocycles. The highest BCUT2D eigenvalue weighted by molar-refractivity contribution is 5.76. The summed E-state index contributed by atoms with van der Waals surface area (Å²) in [7, 11) is 0. The number of amides is 1. The quantitative estimate of drug-likeness (QED) is 0.0261. The number of hydrogen-bond acceptors (Lipinski definition) is 8. The number of unbranched alkanes of at least 4 members (excludes halogenated alkanes) is 59. The molecule has 1 saturated heterocycles. The Hall–Kier alpha value is -1.59. The molecule has 9 heteroatoms. The molecular weight excluding hydrogens is 1150 g/mol. The molecular formula is C84H161NO8. The molecule has 0 aliphatic carbocycles. The Balaban J connectivity index is 2.03. The highest BCUT2D eigenvalue weighted by Crippen LogP contribution is 2.24. The van der Waals surface area contributed by atoms with E-state index in [1.165, 1.54) is 360 Å². The Bertz CT molecular complexity index is 1570. The van der Waals surface area contributed by atoms with E-state index in [0.29, 0.717) is 12.8 Å². The SMILES string of the molecule is CCCCCCC/C=C\C/C=C\C/C=C\CCCCCCCCCCCCCCCCCCCCCCCCCCC(=O)NC(COC1OC(CO)C(O)C(O)C1O)C(O)CCCCCCCCCCCCCCCCCCCCCCCCCCCCCCCCC. The van der Waals surface area contributed by atoms with Crippen molar-refractivity contribution in [3.05, 3.63) is 36.5 Å². The summed E-state index contributed by atoms with van der Waals surface area (Å²) < 4.78 is 11.4. The van der Waals surface area contributed by atoms with E-state index in [-0.39, 0.29) is 12.5 Å². The van der Waals surface area contributed by atoms with Gasteiger partial charge in [-0.05, 0) is 51.4 Å². The van der Waals surface area contributed by atoms with Crippen LogP contribution in [0.4, 0.5) is 0 Å². The van der Waals surface area contributed by atoms with Gasteiger partial charge in [0.2, 0.25) is 5.91 Å². The van der Waals surface area contributed by atoms with Crippen molar-refractivity contribution in [2.45, 2.75) is 480 Å². The van der Waals surface area contributed by atoms with Crippen LogP contribution in [0.3, 0.4) is 0 Å². The number of rotatable bonds is 75. The molecule has 93 heavy (non-hydrogen) atoms. The molecule has 0 radical (unpaired) electrons. The van der Waals surface area contributed by atoms with E-state index in [9.17, 15) is 30.3 Å². The fraction of sp³-hybridized carbons (Fsp3) is 0.917. The average molecular weight is 1310 g/mol. The summed E-state index contributed by atoms with van der Waals surface area (Å²) in [6.45, 7) is 3.90. The topological polar surface area (TPSA) is 149 Å². The largest absolute Gasteiger partial charge is 0.394 e. The number of carbonyl (C=O) groups excluding carboxylic acids is 1. The third kappa shape index (κ3) is 61.3. The Labute approximate surface area is 578 Å². The predicted molar refractivity (Wildman–Crippen MR) is 401 cm³/mol. The summed E-state index contributed by atoms with van der Waals surface area (Å²) in [4.78, 5) is 13.2. The molecule has 1 aliphatic rings. The molecule has 1 aliphatic heterocycles. The van der Waals surface area contributed by atoms with Gasteiger partial charge in [0, 0.05) is 6.42 Å². The smallest absolute Gasteiger partial charge is 0.220 e. The molecule has 1 heterocycles. The van der Waals surface area contributed by atoms with Crippen molar-refractivity contribution in [1.29, 1.82) is 0 Å². The number of nitrogens with one attached hydrogen (secondary N) is 1. The molecule has 550 valence electrons. The van der Waals surface area contributed by atoms with Crippen molar-refractivity contribution >= 4 is 5.91 Å². The van der Waals surface area contributed by atoms with Crippen LogP contribution in [0.2, 0.25) is 0 Å². The lowest BCUT2D eigenvalue weighted by molar-refractivity contribution is -0.302. The summed E-state index contributed by atoms with van der Waals surface area (Å²) in [5.41, 5.74) is 0. The zero-order valence-electron chi connectivity index (χ0n) is 62.0. The van der Waals surface area contributed by atoms with Gasteiger partial charge in [0.25, 0.3) is 0 Å². The van der Waals surface area contributed by atoms with Gasteiger partial charge in [-0.2, -0.15) is 0 Å². The van der Waals surface area contributed by atoms with Crippen molar-refractivity contribution in [1.82, 2.24) is 5.32 Å². The average Bonchev–Trinajstić information content (AvgIpc) is 1.02. The first-order chi connectivity index (χ1) is 45.8. The lowest BCUT2D eigenvalue weighted by atomic mass is 9.99. The van der Waals surface area contributed by atoms with Crippen molar-refractivity contribution in [2.24, 2.45) is 0 Å². The van der Waals surface area contributed by atoms with Crippen molar-refractivity contribution < 1.29 is 39.8 Å². The molecule has 7 atom stereocenters. The first-order valence-corrected chi connectivity index (χ1v) is 41.7. The molecule has 7 unspecified atom stereocenters. The maximum Gasteiger partial charge on any atom is 0.220 e. The van der Waals surface area contributed by atoms with Crippen LogP contribution >= 0.6 is 0 Å². The normalized spacial score (nSPS) is 17.7. The van der Waals surface area contributed by atoms with Gasteiger partial charge in [-0.15, -0.1) is 0 Å². The minimum Gasteiger partial charge on any atom is -0.394 e. The van der Waals surface area contributed by atoms with Gasteiger partial charge >= 0.3 is 0 Å². The third-order valence-electron chi connectivity index (χ3n) is 20.2. The van der Waals surface area contributed by atoms with E-state index in [1.54, 1.807) is 0 Å². The van der Waals surface area contributed by atoms with Crippen molar-refractivity contribution in [3.63, 3.8) is 0 Å². The minimum atomic E-state index is -1.55. The van der Waals surface area contributed by atoms with Crippen LogP contribution in [-0.4, -0.2) is 87.5 Å². The molecule has 6 N–H and O–H groups in total. The second-order valence-corrected chi connectivity index (χ2v) is 29.3. The van der Waals surface area contributed by atoms with Crippen molar-refractivity contribution in [3.8, 4) is 0 Å². The van der Waals surface area contributed by atoms with E-state index in [4.69, 9.17) is 9.47 Å². The van der Waals surface area contributed by atoms with Gasteiger partial charge in [0.1, 0.15) is 24.4 Å². The van der Waals surface area contributed by atoms with Crippen LogP contribution < -0.4 is 5.32 Å². The second-order valence-electron chi connectivity index (χ2n) is 29.3. The van der Waals surface area contributed by atoms with Gasteiger partial charge < -0.3 is 40.3 Å². The minimum absolute atomic E-state index is 0.133. The van der Waals surface area contributed by atoms with Gasteiger partial charge in [0.05, 0.1) is 25.4 Å². The number of carbonyl (C=O) groups is 1. The maximum absolute atomic E-state index is 13.2. The monoisotopic (exact) mass is 1310 g/mol. The molecule has 0 spiro atoms. The predicted octanol–water partition coefficient (Wildman–Crippen LogP) is 24.1. The van der Waals surface area contributed by atoms with Gasteiger partial charge in [-0.25, -0.2) is 0 Å². The number of allylic oxidation sites excluding steroid dienone is 6. The van der Waals surface area contributed by atoms with Gasteiger partial charge in [-0.1, -0.05) is 416 Å². The fourth-order valence-electron chi connectivity index (χ4n) is 13.8. The van der Waals surface area contributed by atoms with Crippen LogP contribution in [0.25, 0.3) is 0 Å². The van der Waals surface area contributed by atoms with E-state index in [1.807, 2.05) is 0 Å². The lowest BCUT2D eigenvalue weighted by Gasteiger charge is -2.40. The fourth-order valence-corrected chi connectivity index (χ4v) is 13.8. The number of aliphatic hydroxyl groups excluding tert-OH is 5. The van der Waals surface area contributed by atoms with E-state index in [2.05, 4.69) is 55.6 Å². The van der Waals surface area contributed by atoms with Gasteiger partial charge in [0.15, 0.2) is 6.29 Å². The van der Waals surface area contributed by atoms with E-state index in [0.717, 1.165) is 51.4 Å². The van der Waals surface area contributed by atoms with Crippen LogP contribution in [-0.2, 0) is 14.3 Å². The zero-order valence-corrected chi connectivity index (χ0v) is 62.0. The Morgan fingerprint density at radius 3 is 0.935 bits per heavy atom. The van der Waals surface area contributed by atoms with E-state index < -0.39 is 49.5 Å². The van der Waals surface area contributed by atoms with Crippen LogP contribution in [0.1, 0.15) is 438 Å². The highest BCUT2D eigenvalue weighted by atomic mass is 16.7. The summed E-state index contributed by atoms with van der Waals surface area (Å²) in [5, 5.41) is 55.1. The molecule has 0 saturated carbocycles. The molecule has 0 bridgehead atoms. The summed E-state index contributed by atoms with van der Waals surface area (Å²) >= 11 is 0. The number of ether oxygens (including phenoxy) is 2. The van der Waals surface area contributed by atoms with Gasteiger partial charge in [-0.3, -0.25) is 4.79 Å². The third-order valence-corrected chi connectivity index (χ3v) is 20.2. The van der Waals surface area contributed by atoms with Crippen molar-refractivity contribution in [2.75, 3.05) is 13.2 Å². The van der Waals surface area contributed by atoms with E-state index >= 15 is 0 Å². The lowest BCUT2D eigenvalue weighted by Crippen LogP contribution is -2.60. The van der Waals surface area contributed by atoms with Crippen LogP contribution in [0.15, 0.2) is 36.5 Å². The molecule has 0 aromatic rings.